The van der Waals surface area contributed by atoms with Gasteiger partial charge in [-0.1, -0.05) is 43.3 Å². The zero-order valence-electron chi connectivity index (χ0n) is 17.0. The van der Waals surface area contributed by atoms with Gasteiger partial charge in [-0.3, -0.25) is 9.59 Å². The van der Waals surface area contributed by atoms with Gasteiger partial charge in [-0.05, 0) is 42.3 Å². The smallest absolute Gasteiger partial charge is 0.262 e. The molecule has 1 amide bonds. The molecule has 0 saturated carbocycles. The number of anilines is 1. The molecule has 0 spiro atoms. The van der Waals surface area contributed by atoms with E-state index >= 15 is 0 Å². The van der Waals surface area contributed by atoms with Crippen molar-refractivity contribution in [2.45, 2.75) is 13.3 Å². The number of ether oxygens (including phenoxy) is 2. The second-order valence-electron chi connectivity index (χ2n) is 6.85. The molecule has 6 heteroatoms. The van der Waals surface area contributed by atoms with Gasteiger partial charge in [0.1, 0.15) is 23.3 Å². The molecule has 0 bridgehead atoms. The molecule has 31 heavy (non-hydrogen) atoms. The molecule has 4 rings (SSSR count). The Morgan fingerprint density at radius 1 is 0.968 bits per heavy atom. The van der Waals surface area contributed by atoms with E-state index in [0.29, 0.717) is 28.2 Å². The first kappa shape index (κ1) is 20.2. The zero-order chi connectivity index (χ0) is 21.6. The normalized spacial score (nSPS) is 10.6. The highest BCUT2D eigenvalue weighted by molar-refractivity contribution is 5.91. The summed E-state index contributed by atoms with van der Waals surface area (Å²) in [7, 11) is 0. The van der Waals surface area contributed by atoms with Crippen molar-refractivity contribution in [3.63, 3.8) is 0 Å². The van der Waals surface area contributed by atoms with Crippen molar-refractivity contribution in [1.82, 2.24) is 0 Å². The van der Waals surface area contributed by atoms with Crippen LogP contribution in [0.3, 0.4) is 0 Å². The molecule has 0 aliphatic rings. The second-order valence-corrected chi connectivity index (χ2v) is 6.85. The van der Waals surface area contributed by atoms with E-state index in [1.807, 2.05) is 49.4 Å². The minimum atomic E-state index is -0.286. The molecule has 4 aromatic rings. The molecule has 0 saturated heterocycles. The standard InChI is InChI=1S/C25H21NO5/c1-2-17-8-6-7-11-21(17)31-23-15-30-22-14-19(12-13-20(22)25(23)28)29-16-24(27)26-18-9-4-3-5-10-18/h3-15H,2,16H2,1H3,(H,26,27). The Morgan fingerprint density at radius 3 is 2.55 bits per heavy atom. The average Bonchev–Trinajstić information content (AvgIpc) is 2.80. The summed E-state index contributed by atoms with van der Waals surface area (Å²) in [4.78, 5) is 24.9. The van der Waals surface area contributed by atoms with Crippen molar-refractivity contribution in [2.24, 2.45) is 0 Å². The number of rotatable bonds is 7. The fourth-order valence-corrected chi connectivity index (χ4v) is 3.13. The SMILES string of the molecule is CCc1ccccc1Oc1coc2cc(OCC(=O)Nc3ccccc3)ccc2c1=O. The number of hydrogen-bond acceptors (Lipinski definition) is 5. The number of carbonyl (C=O) groups excluding carboxylic acids is 1. The molecule has 0 radical (unpaired) electrons. The lowest BCUT2D eigenvalue weighted by molar-refractivity contribution is -0.118. The molecule has 6 nitrogen and oxygen atoms in total. The summed E-state index contributed by atoms with van der Waals surface area (Å²) in [6.07, 6.45) is 2.08. The third-order valence-electron chi connectivity index (χ3n) is 4.72. The van der Waals surface area contributed by atoms with Crippen LogP contribution in [-0.4, -0.2) is 12.5 Å². The maximum Gasteiger partial charge on any atom is 0.262 e. The van der Waals surface area contributed by atoms with Crippen molar-refractivity contribution >= 4 is 22.6 Å². The maximum atomic E-state index is 12.8. The highest BCUT2D eigenvalue weighted by Gasteiger charge is 2.12. The monoisotopic (exact) mass is 415 g/mol. The number of fused-ring (bicyclic) bond motifs is 1. The molecule has 1 aromatic heterocycles. The van der Waals surface area contributed by atoms with Crippen LogP contribution in [0, 0.1) is 0 Å². The first-order valence-corrected chi connectivity index (χ1v) is 9.93. The Hall–Kier alpha value is -4.06. The lowest BCUT2D eigenvalue weighted by Gasteiger charge is -2.10. The maximum absolute atomic E-state index is 12.8. The minimum Gasteiger partial charge on any atom is -0.484 e. The molecule has 0 unspecified atom stereocenters. The van der Waals surface area contributed by atoms with Crippen LogP contribution < -0.4 is 20.2 Å². The Morgan fingerprint density at radius 2 is 1.74 bits per heavy atom. The first-order chi connectivity index (χ1) is 15.1. The van der Waals surface area contributed by atoms with Crippen LogP contribution in [0.4, 0.5) is 5.69 Å². The molecular formula is C25H21NO5. The number of carbonyl (C=O) groups is 1. The number of nitrogens with one attached hydrogen (secondary N) is 1. The predicted octanol–water partition coefficient (Wildman–Crippen LogP) is 5.17. The quantitative estimate of drug-likeness (QED) is 0.451. The van der Waals surface area contributed by atoms with E-state index in [2.05, 4.69) is 5.32 Å². The van der Waals surface area contributed by atoms with Gasteiger partial charge in [0.15, 0.2) is 6.61 Å². The van der Waals surface area contributed by atoms with E-state index in [9.17, 15) is 9.59 Å². The molecule has 3 aromatic carbocycles. The lowest BCUT2D eigenvalue weighted by atomic mass is 10.1. The molecule has 0 aliphatic carbocycles. The Labute approximate surface area is 179 Å². The van der Waals surface area contributed by atoms with Crippen LogP contribution in [0.1, 0.15) is 12.5 Å². The highest BCUT2D eigenvalue weighted by Crippen LogP contribution is 2.26. The topological polar surface area (TPSA) is 77.8 Å². The fourth-order valence-electron chi connectivity index (χ4n) is 3.13. The van der Waals surface area contributed by atoms with E-state index in [1.165, 1.54) is 6.26 Å². The minimum absolute atomic E-state index is 0.115. The van der Waals surface area contributed by atoms with Crippen molar-refractivity contribution < 1.29 is 18.7 Å². The van der Waals surface area contributed by atoms with Gasteiger partial charge in [-0.2, -0.15) is 0 Å². The van der Waals surface area contributed by atoms with Crippen LogP contribution in [0.25, 0.3) is 11.0 Å². The Bertz CT molecular complexity index is 1260. The molecule has 0 fully saturated rings. The third-order valence-corrected chi connectivity index (χ3v) is 4.72. The molecule has 0 atom stereocenters. The Kier molecular flexibility index (Phi) is 5.98. The van der Waals surface area contributed by atoms with Gasteiger partial charge in [0, 0.05) is 11.8 Å². The highest BCUT2D eigenvalue weighted by atomic mass is 16.5. The van der Waals surface area contributed by atoms with Crippen LogP contribution in [0.2, 0.25) is 0 Å². The van der Waals surface area contributed by atoms with E-state index in [-0.39, 0.29) is 23.7 Å². The fraction of sp³-hybridized carbons (Fsp3) is 0.120. The van der Waals surface area contributed by atoms with Gasteiger partial charge in [-0.15, -0.1) is 0 Å². The molecule has 0 aliphatic heterocycles. The summed E-state index contributed by atoms with van der Waals surface area (Å²) in [6.45, 7) is 1.85. The van der Waals surface area contributed by atoms with E-state index in [0.717, 1.165) is 12.0 Å². The van der Waals surface area contributed by atoms with Crippen molar-refractivity contribution in [3.8, 4) is 17.2 Å². The van der Waals surface area contributed by atoms with Crippen molar-refractivity contribution in [3.05, 3.63) is 94.8 Å². The van der Waals surface area contributed by atoms with Crippen LogP contribution in [0.15, 0.2) is 88.3 Å². The van der Waals surface area contributed by atoms with E-state index in [1.54, 1.807) is 30.3 Å². The number of amides is 1. The van der Waals surface area contributed by atoms with Gasteiger partial charge in [-0.25, -0.2) is 0 Å². The number of aryl methyl sites for hydroxylation is 1. The lowest BCUT2D eigenvalue weighted by Crippen LogP contribution is -2.20. The summed E-state index contributed by atoms with van der Waals surface area (Å²) in [5.41, 5.74) is 1.76. The number of benzene rings is 3. The van der Waals surface area contributed by atoms with Gasteiger partial charge in [0.25, 0.3) is 5.91 Å². The second kappa shape index (κ2) is 9.17. The molecule has 1 heterocycles. The summed E-state index contributed by atoms with van der Waals surface area (Å²) in [6, 6.07) is 21.5. The average molecular weight is 415 g/mol. The van der Waals surface area contributed by atoms with Gasteiger partial charge in [0.05, 0.1) is 5.39 Å². The van der Waals surface area contributed by atoms with Crippen molar-refractivity contribution in [2.75, 3.05) is 11.9 Å². The molecule has 1 N–H and O–H groups in total. The van der Waals surface area contributed by atoms with Gasteiger partial charge < -0.3 is 19.2 Å². The van der Waals surface area contributed by atoms with Gasteiger partial charge >= 0.3 is 0 Å². The Balaban J connectivity index is 1.48. The summed E-state index contributed by atoms with van der Waals surface area (Å²) < 4.78 is 17.0. The first-order valence-electron chi connectivity index (χ1n) is 9.93. The summed E-state index contributed by atoms with van der Waals surface area (Å²) in [5.74, 6) is 0.875. The van der Waals surface area contributed by atoms with Crippen molar-refractivity contribution in [1.29, 1.82) is 0 Å². The van der Waals surface area contributed by atoms with E-state index in [4.69, 9.17) is 13.9 Å². The van der Waals surface area contributed by atoms with Crippen LogP contribution in [0.5, 0.6) is 17.2 Å². The number of hydrogen-bond donors (Lipinski definition) is 1. The largest absolute Gasteiger partial charge is 0.484 e. The van der Waals surface area contributed by atoms with Crippen LogP contribution in [-0.2, 0) is 11.2 Å². The summed E-state index contributed by atoms with van der Waals surface area (Å²) in [5, 5.41) is 3.11. The van der Waals surface area contributed by atoms with Gasteiger partial charge in [0.2, 0.25) is 11.2 Å². The van der Waals surface area contributed by atoms with E-state index < -0.39 is 0 Å². The summed E-state index contributed by atoms with van der Waals surface area (Å²) >= 11 is 0. The number of para-hydroxylation sites is 2. The molecule has 156 valence electrons. The predicted molar refractivity (Wildman–Crippen MR) is 119 cm³/mol. The zero-order valence-corrected chi connectivity index (χ0v) is 17.0. The molecular weight excluding hydrogens is 394 g/mol. The van der Waals surface area contributed by atoms with Crippen LogP contribution >= 0.6 is 0 Å². The third kappa shape index (κ3) is 4.75.